The Kier molecular flexibility index (Phi) is 3.87. The van der Waals surface area contributed by atoms with E-state index in [0.29, 0.717) is 25.8 Å². The summed E-state index contributed by atoms with van der Waals surface area (Å²) in [6.45, 7) is 1.14. The summed E-state index contributed by atoms with van der Waals surface area (Å²) in [5.74, 6) is -7.54. The van der Waals surface area contributed by atoms with Crippen molar-refractivity contribution in [3.63, 3.8) is 0 Å². The third-order valence-electron chi connectivity index (χ3n) is 4.78. The number of morpholine rings is 1. The number of nitrogens with zero attached hydrogens (tertiary/aromatic N) is 3. The minimum atomic E-state index is -1.72. The lowest BCUT2D eigenvalue weighted by Crippen LogP contribution is -2.57. The minimum absolute atomic E-state index is 0.321. The molecule has 0 bridgehead atoms. The number of carbonyl (C=O) groups is 1. The zero-order valence-electron chi connectivity index (χ0n) is 13.5. The lowest BCUT2D eigenvalue weighted by atomic mass is 9.79. The molecule has 1 saturated carbocycles. The number of phenolic OH excluding ortho intramolecular Hbond substituents is 1. The smallest absolute Gasteiger partial charge is 0.295 e. The van der Waals surface area contributed by atoms with Crippen molar-refractivity contribution in [3.8, 4) is 17.2 Å². The SMILES string of the molecule is O=C(c1noc(-c2cc(F)c(F)c(O)c2F)n1)N1CCOC2(CCC2)C1. The number of halogens is 3. The molecule has 138 valence electrons. The number of aromatic nitrogens is 2. The average molecular weight is 369 g/mol. The maximum atomic E-state index is 14.0. The van der Waals surface area contributed by atoms with Gasteiger partial charge in [-0.05, 0) is 25.3 Å². The Labute approximate surface area is 145 Å². The number of rotatable bonds is 2. The summed E-state index contributed by atoms with van der Waals surface area (Å²) in [5.41, 5.74) is -0.955. The summed E-state index contributed by atoms with van der Waals surface area (Å²) >= 11 is 0. The van der Waals surface area contributed by atoms with Crippen molar-refractivity contribution in [1.82, 2.24) is 15.0 Å². The zero-order chi connectivity index (χ0) is 18.5. The molecule has 2 aliphatic rings. The topological polar surface area (TPSA) is 88.7 Å². The van der Waals surface area contributed by atoms with E-state index in [4.69, 9.17) is 9.26 Å². The summed E-state index contributed by atoms with van der Waals surface area (Å²) < 4.78 is 51.1. The molecule has 10 heteroatoms. The highest BCUT2D eigenvalue weighted by molar-refractivity contribution is 5.90. The second-order valence-electron chi connectivity index (χ2n) is 6.42. The van der Waals surface area contributed by atoms with Crippen molar-refractivity contribution in [3.05, 3.63) is 29.3 Å². The van der Waals surface area contributed by atoms with Crippen molar-refractivity contribution < 1.29 is 32.3 Å². The summed E-state index contributed by atoms with van der Waals surface area (Å²) in [4.78, 5) is 17.8. The van der Waals surface area contributed by atoms with Crippen LogP contribution in [0.4, 0.5) is 13.2 Å². The van der Waals surface area contributed by atoms with Crippen molar-refractivity contribution >= 4 is 5.91 Å². The highest BCUT2D eigenvalue weighted by Crippen LogP contribution is 2.38. The molecule has 1 aromatic heterocycles. The van der Waals surface area contributed by atoms with Gasteiger partial charge < -0.3 is 19.3 Å². The number of amides is 1. The molecule has 0 atom stereocenters. The van der Waals surface area contributed by atoms with E-state index in [0.717, 1.165) is 19.3 Å². The number of hydrogen-bond acceptors (Lipinski definition) is 6. The molecule has 0 unspecified atom stereocenters. The first kappa shape index (κ1) is 16.8. The van der Waals surface area contributed by atoms with E-state index in [1.165, 1.54) is 4.90 Å². The molecular weight excluding hydrogens is 355 g/mol. The molecule has 0 radical (unpaired) electrons. The van der Waals surface area contributed by atoms with Gasteiger partial charge in [-0.3, -0.25) is 4.79 Å². The Balaban J connectivity index is 1.59. The second-order valence-corrected chi connectivity index (χ2v) is 6.42. The van der Waals surface area contributed by atoms with Gasteiger partial charge in [0.15, 0.2) is 17.4 Å². The van der Waals surface area contributed by atoms with Crippen LogP contribution in [0, 0.1) is 17.5 Å². The molecule has 2 heterocycles. The van der Waals surface area contributed by atoms with E-state index in [2.05, 4.69) is 10.1 Å². The fraction of sp³-hybridized carbons (Fsp3) is 0.438. The molecule has 1 N–H and O–H groups in total. The summed E-state index contributed by atoms with van der Waals surface area (Å²) in [7, 11) is 0. The Morgan fingerprint density at radius 2 is 2.04 bits per heavy atom. The van der Waals surface area contributed by atoms with E-state index in [1.807, 2.05) is 0 Å². The molecule has 1 aliphatic heterocycles. The van der Waals surface area contributed by atoms with Gasteiger partial charge in [-0.15, -0.1) is 0 Å². The third kappa shape index (κ3) is 2.61. The largest absolute Gasteiger partial charge is 0.503 e. The van der Waals surface area contributed by atoms with E-state index in [9.17, 15) is 23.1 Å². The Hall–Kier alpha value is -2.62. The van der Waals surface area contributed by atoms with Crippen molar-refractivity contribution in [1.29, 1.82) is 0 Å². The molecule has 1 aromatic carbocycles. The molecule has 1 aliphatic carbocycles. The minimum Gasteiger partial charge on any atom is -0.503 e. The predicted molar refractivity (Wildman–Crippen MR) is 79.7 cm³/mol. The lowest BCUT2D eigenvalue weighted by molar-refractivity contribution is -0.142. The maximum Gasteiger partial charge on any atom is 0.295 e. The van der Waals surface area contributed by atoms with E-state index in [-0.39, 0.29) is 11.4 Å². The van der Waals surface area contributed by atoms with Crippen molar-refractivity contribution in [2.24, 2.45) is 0 Å². The van der Waals surface area contributed by atoms with Crippen LogP contribution in [-0.2, 0) is 4.74 Å². The van der Waals surface area contributed by atoms with Gasteiger partial charge in [0.1, 0.15) is 0 Å². The zero-order valence-corrected chi connectivity index (χ0v) is 13.5. The Morgan fingerprint density at radius 3 is 2.73 bits per heavy atom. The number of hydrogen-bond donors (Lipinski definition) is 1. The Bertz CT molecular complexity index is 882. The van der Waals surface area contributed by atoms with E-state index < -0.39 is 40.6 Å². The van der Waals surface area contributed by atoms with Crippen LogP contribution < -0.4 is 0 Å². The van der Waals surface area contributed by atoms with Gasteiger partial charge in [0.25, 0.3) is 17.6 Å². The predicted octanol–water partition coefficient (Wildman–Crippen LogP) is 2.25. The summed E-state index contributed by atoms with van der Waals surface area (Å²) in [6.07, 6.45) is 2.77. The average Bonchev–Trinajstić information content (AvgIpc) is 3.11. The van der Waals surface area contributed by atoms with E-state index >= 15 is 0 Å². The first-order chi connectivity index (χ1) is 12.4. The van der Waals surface area contributed by atoms with Gasteiger partial charge in [-0.2, -0.15) is 9.37 Å². The number of aromatic hydroxyl groups is 1. The van der Waals surface area contributed by atoms with Crippen LogP contribution in [0.3, 0.4) is 0 Å². The molecule has 26 heavy (non-hydrogen) atoms. The van der Waals surface area contributed by atoms with Gasteiger partial charge in [0, 0.05) is 6.54 Å². The van der Waals surface area contributed by atoms with Crippen LogP contribution in [-0.4, -0.2) is 51.4 Å². The summed E-state index contributed by atoms with van der Waals surface area (Å²) in [6, 6.07) is 0.476. The van der Waals surface area contributed by atoms with Gasteiger partial charge in [-0.25, -0.2) is 8.78 Å². The van der Waals surface area contributed by atoms with Gasteiger partial charge >= 0.3 is 0 Å². The van der Waals surface area contributed by atoms with Crippen molar-refractivity contribution in [2.45, 2.75) is 24.9 Å². The first-order valence-corrected chi connectivity index (χ1v) is 8.04. The van der Waals surface area contributed by atoms with E-state index in [1.54, 1.807) is 0 Å². The van der Waals surface area contributed by atoms with Gasteiger partial charge in [0.2, 0.25) is 5.82 Å². The number of benzene rings is 1. The van der Waals surface area contributed by atoms with Gasteiger partial charge in [-0.1, -0.05) is 5.16 Å². The van der Waals surface area contributed by atoms with Crippen LogP contribution in [0.1, 0.15) is 29.9 Å². The molecular formula is C16H14F3N3O4. The lowest BCUT2D eigenvalue weighted by Gasteiger charge is -2.48. The van der Waals surface area contributed by atoms with Crippen molar-refractivity contribution in [2.75, 3.05) is 19.7 Å². The molecule has 1 spiro atoms. The number of phenols is 1. The van der Waals surface area contributed by atoms with Crippen LogP contribution >= 0.6 is 0 Å². The number of carbonyl (C=O) groups excluding carboxylic acids is 1. The molecule has 1 amide bonds. The normalized spacial score (nSPS) is 18.8. The second kappa shape index (κ2) is 5.97. The van der Waals surface area contributed by atoms with Gasteiger partial charge in [0.05, 0.1) is 24.3 Å². The monoisotopic (exact) mass is 369 g/mol. The maximum absolute atomic E-state index is 14.0. The molecule has 2 fully saturated rings. The molecule has 4 rings (SSSR count). The fourth-order valence-corrected chi connectivity index (χ4v) is 3.20. The highest BCUT2D eigenvalue weighted by atomic mass is 19.2. The van der Waals surface area contributed by atoms with Crippen LogP contribution in [0.5, 0.6) is 5.75 Å². The van der Waals surface area contributed by atoms with Crippen LogP contribution in [0.15, 0.2) is 10.6 Å². The fourth-order valence-electron chi connectivity index (χ4n) is 3.20. The molecule has 7 nitrogen and oxygen atoms in total. The molecule has 1 saturated heterocycles. The van der Waals surface area contributed by atoms with Crippen LogP contribution in [0.2, 0.25) is 0 Å². The summed E-state index contributed by atoms with van der Waals surface area (Å²) in [5, 5.41) is 12.8. The standard InChI is InChI=1S/C16H14F3N3O4/c17-9-6-8(10(18)12(23)11(9)19)14-20-13(21-26-14)15(24)22-4-5-25-16(7-22)2-1-3-16/h6,23H,1-5,7H2. The van der Waals surface area contributed by atoms with Crippen LogP contribution in [0.25, 0.3) is 11.5 Å². The third-order valence-corrected chi connectivity index (χ3v) is 4.78. The first-order valence-electron chi connectivity index (χ1n) is 8.04. The highest BCUT2D eigenvalue weighted by Gasteiger charge is 2.44. The Morgan fingerprint density at radius 1 is 1.27 bits per heavy atom. The number of ether oxygens (including phenoxy) is 1. The molecule has 2 aromatic rings. The quantitative estimate of drug-likeness (QED) is 0.817.